The van der Waals surface area contributed by atoms with Crippen molar-refractivity contribution in [2.75, 3.05) is 19.7 Å². The van der Waals surface area contributed by atoms with Crippen molar-refractivity contribution >= 4 is 0 Å². The summed E-state index contributed by atoms with van der Waals surface area (Å²) in [6, 6.07) is 2.64. The number of morpholine rings is 1. The summed E-state index contributed by atoms with van der Waals surface area (Å²) in [4.78, 5) is 2.32. The first-order valence-electron chi connectivity index (χ1n) is 4.46. The predicted molar refractivity (Wildman–Crippen MR) is 46.7 cm³/mol. The van der Waals surface area contributed by atoms with Crippen LogP contribution in [0.15, 0.2) is 0 Å². The van der Waals surface area contributed by atoms with Crippen LogP contribution < -0.4 is 0 Å². The molecule has 0 aliphatic carbocycles. The van der Waals surface area contributed by atoms with Gasteiger partial charge in [0.25, 0.3) is 0 Å². The Balaban J connectivity index is 2.34. The highest BCUT2D eigenvalue weighted by molar-refractivity contribution is 4.79. The van der Waals surface area contributed by atoms with E-state index in [0.717, 1.165) is 19.7 Å². The molecule has 12 heavy (non-hydrogen) atoms. The lowest BCUT2D eigenvalue weighted by molar-refractivity contribution is -0.0483. The quantitative estimate of drug-likeness (QED) is 0.617. The fourth-order valence-electron chi connectivity index (χ4n) is 1.48. The van der Waals surface area contributed by atoms with Crippen LogP contribution in [-0.2, 0) is 4.74 Å². The summed E-state index contributed by atoms with van der Waals surface area (Å²) >= 11 is 0. The molecule has 0 aromatic rings. The van der Waals surface area contributed by atoms with Gasteiger partial charge in [-0.2, -0.15) is 5.26 Å². The summed E-state index contributed by atoms with van der Waals surface area (Å²) in [7, 11) is 0. The van der Waals surface area contributed by atoms with Gasteiger partial charge in [-0.05, 0) is 13.8 Å². The van der Waals surface area contributed by atoms with Crippen LogP contribution in [0.1, 0.15) is 20.3 Å². The normalized spacial score (nSPS) is 31.4. The van der Waals surface area contributed by atoms with Gasteiger partial charge in [0.15, 0.2) is 0 Å². The second-order valence-electron chi connectivity index (χ2n) is 3.40. The van der Waals surface area contributed by atoms with Crippen molar-refractivity contribution in [3.8, 4) is 6.07 Å². The molecular weight excluding hydrogens is 152 g/mol. The second kappa shape index (κ2) is 4.44. The maximum absolute atomic E-state index is 8.44. The summed E-state index contributed by atoms with van der Waals surface area (Å²) in [5.74, 6) is 0. The van der Waals surface area contributed by atoms with Crippen LogP contribution in [0.5, 0.6) is 0 Å². The Labute approximate surface area is 73.9 Å². The Hall–Kier alpha value is -0.590. The topological polar surface area (TPSA) is 36.3 Å². The third-order valence-electron chi connectivity index (χ3n) is 2.25. The molecule has 1 rings (SSSR count). The third kappa shape index (κ3) is 2.47. The average molecular weight is 168 g/mol. The molecule has 0 radical (unpaired) electrons. The van der Waals surface area contributed by atoms with Crippen LogP contribution in [0, 0.1) is 11.3 Å². The second-order valence-corrected chi connectivity index (χ2v) is 3.40. The third-order valence-corrected chi connectivity index (χ3v) is 2.25. The van der Waals surface area contributed by atoms with Gasteiger partial charge in [-0.1, -0.05) is 0 Å². The van der Waals surface area contributed by atoms with E-state index in [2.05, 4.69) is 24.8 Å². The largest absolute Gasteiger partial charge is 0.376 e. The van der Waals surface area contributed by atoms with E-state index in [1.807, 2.05) is 0 Å². The fraction of sp³-hybridized carbons (Fsp3) is 0.889. The molecule has 1 saturated heterocycles. The number of hydrogen-bond donors (Lipinski definition) is 0. The van der Waals surface area contributed by atoms with Crippen LogP contribution in [0.2, 0.25) is 0 Å². The molecule has 0 N–H and O–H groups in total. The molecular formula is C9H16N2O. The Bertz CT molecular complexity index is 176. The van der Waals surface area contributed by atoms with Gasteiger partial charge >= 0.3 is 0 Å². The smallest absolute Gasteiger partial charge is 0.0674 e. The summed E-state index contributed by atoms with van der Waals surface area (Å²) in [6.45, 7) is 6.86. The molecule has 0 aromatic carbocycles. The fourth-order valence-corrected chi connectivity index (χ4v) is 1.48. The lowest BCUT2D eigenvalue weighted by atomic mass is 10.2. The SMILES string of the molecule is C[C@H]1CN(CCC#N)[C@@H](C)CO1. The van der Waals surface area contributed by atoms with Gasteiger partial charge in [0.05, 0.1) is 18.8 Å². The van der Waals surface area contributed by atoms with Gasteiger partial charge in [-0.25, -0.2) is 0 Å². The highest BCUT2D eigenvalue weighted by atomic mass is 16.5. The van der Waals surface area contributed by atoms with Crippen molar-refractivity contribution in [1.29, 1.82) is 5.26 Å². The minimum Gasteiger partial charge on any atom is -0.376 e. The minimum atomic E-state index is 0.319. The van der Waals surface area contributed by atoms with Gasteiger partial charge in [0.2, 0.25) is 0 Å². The Morgan fingerprint density at radius 2 is 2.33 bits per heavy atom. The van der Waals surface area contributed by atoms with Crippen molar-refractivity contribution in [1.82, 2.24) is 4.90 Å². The van der Waals surface area contributed by atoms with Gasteiger partial charge in [0.1, 0.15) is 0 Å². The van der Waals surface area contributed by atoms with Gasteiger partial charge < -0.3 is 4.74 Å². The van der Waals surface area contributed by atoms with Crippen LogP contribution >= 0.6 is 0 Å². The molecule has 68 valence electrons. The van der Waals surface area contributed by atoms with Gasteiger partial charge in [-0.3, -0.25) is 4.90 Å². The zero-order valence-corrected chi connectivity index (χ0v) is 7.79. The monoisotopic (exact) mass is 168 g/mol. The van der Waals surface area contributed by atoms with Crippen LogP contribution in [0.4, 0.5) is 0 Å². The number of rotatable bonds is 2. The number of ether oxygens (including phenoxy) is 1. The minimum absolute atomic E-state index is 0.319. The summed E-state index contributed by atoms with van der Waals surface area (Å²) in [6.07, 6.45) is 0.941. The standard InChI is InChI=1S/C9H16N2O/c1-8-7-12-9(2)6-11(8)5-3-4-10/h8-9H,3,5-7H2,1-2H3/t8-,9-/m0/s1. The van der Waals surface area contributed by atoms with E-state index < -0.39 is 0 Å². The molecule has 1 heterocycles. The van der Waals surface area contributed by atoms with E-state index in [1.165, 1.54) is 0 Å². The molecule has 2 atom stereocenters. The van der Waals surface area contributed by atoms with Crippen LogP contribution in [0.25, 0.3) is 0 Å². The van der Waals surface area contributed by atoms with Crippen LogP contribution in [0.3, 0.4) is 0 Å². The van der Waals surface area contributed by atoms with Gasteiger partial charge in [0, 0.05) is 25.6 Å². The molecule has 0 saturated carbocycles. The maximum atomic E-state index is 8.44. The lowest BCUT2D eigenvalue weighted by Crippen LogP contribution is -2.47. The lowest BCUT2D eigenvalue weighted by Gasteiger charge is -2.36. The van der Waals surface area contributed by atoms with E-state index in [9.17, 15) is 0 Å². The zero-order valence-electron chi connectivity index (χ0n) is 7.79. The molecule has 1 fully saturated rings. The molecule has 1 aliphatic rings. The molecule has 0 spiro atoms. The van der Waals surface area contributed by atoms with Crippen LogP contribution in [-0.4, -0.2) is 36.7 Å². The van der Waals surface area contributed by atoms with Crippen molar-refractivity contribution in [2.24, 2.45) is 0 Å². The highest BCUT2D eigenvalue weighted by Crippen LogP contribution is 2.10. The first-order chi connectivity index (χ1) is 5.74. The highest BCUT2D eigenvalue weighted by Gasteiger charge is 2.22. The number of nitriles is 1. The molecule has 0 aromatic heterocycles. The Morgan fingerprint density at radius 3 is 3.00 bits per heavy atom. The number of hydrogen-bond acceptors (Lipinski definition) is 3. The van der Waals surface area contributed by atoms with E-state index in [4.69, 9.17) is 10.00 Å². The molecule has 3 nitrogen and oxygen atoms in total. The average Bonchev–Trinajstić information content (AvgIpc) is 2.07. The van der Waals surface area contributed by atoms with Crippen molar-refractivity contribution in [2.45, 2.75) is 32.4 Å². The van der Waals surface area contributed by atoms with Crippen molar-refractivity contribution < 1.29 is 4.74 Å². The van der Waals surface area contributed by atoms with E-state index in [-0.39, 0.29) is 0 Å². The van der Waals surface area contributed by atoms with Crippen molar-refractivity contribution in [3.63, 3.8) is 0 Å². The predicted octanol–water partition coefficient (Wildman–Crippen LogP) is 1.01. The molecule has 0 bridgehead atoms. The van der Waals surface area contributed by atoms with Crippen molar-refractivity contribution in [3.05, 3.63) is 0 Å². The maximum Gasteiger partial charge on any atom is 0.0674 e. The molecule has 3 heteroatoms. The van der Waals surface area contributed by atoms with E-state index >= 15 is 0 Å². The first kappa shape index (κ1) is 9.50. The number of nitrogens with zero attached hydrogens (tertiary/aromatic N) is 2. The van der Waals surface area contributed by atoms with E-state index in [0.29, 0.717) is 18.6 Å². The molecule has 0 unspecified atom stereocenters. The first-order valence-corrected chi connectivity index (χ1v) is 4.46. The molecule has 1 aliphatic heterocycles. The molecule has 0 amide bonds. The summed E-state index contributed by atoms with van der Waals surface area (Å²) < 4.78 is 5.48. The van der Waals surface area contributed by atoms with E-state index in [1.54, 1.807) is 0 Å². The summed E-state index contributed by atoms with van der Waals surface area (Å²) in [5.41, 5.74) is 0. The summed E-state index contributed by atoms with van der Waals surface area (Å²) in [5, 5.41) is 8.44. The Morgan fingerprint density at radius 1 is 1.58 bits per heavy atom. The zero-order chi connectivity index (χ0) is 8.97. The van der Waals surface area contributed by atoms with Gasteiger partial charge in [-0.15, -0.1) is 0 Å². The Kier molecular flexibility index (Phi) is 3.51.